The second-order valence-electron chi connectivity index (χ2n) is 14.0. The van der Waals surface area contributed by atoms with E-state index in [1.807, 2.05) is 18.7 Å². The van der Waals surface area contributed by atoms with Crippen molar-refractivity contribution < 1.29 is 24.2 Å². The van der Waals surface area contributed by atoms with Crippen LogP contribution < -0.4 is 0 Å². The Hall–Kier alpha value is -1.80. The molecule has 0 aromatic carbocycles. The molecule has 3 rings (SSSR count). The number of rotatable bonds is 12. The van der Waals surface area contributed by atoms with Gasteiger partial charge in [0.1, 0.15) is 12.6 Å². The van der Waals surface area contributed by atoms with Crippen LogP contribution in [0.3, 0.4) is 0 Å². The molecule has 3 aliphatic heterocycles. The van der Waals surface area contributed by atoms with Gasteiger partial charge >= 0.3 is 5.97 Å². The predicted molar refractivity (Wildman–Crippen MR) is 157 cm³/mol. The highest BCUT2D eigenvalue weighted by Crippen LogP contribution is 2.69. The third-order valence-electron chi connectivity index (χ3n) is 8.65. The topological polar surface area (TPSA) is 87.2 Å². The van der Waals surface area contributed by atoms with Crippen LogP contribution in [0, 0.1) is 29.1 Å². The van der Waals surface area contributed by atoms with E-state index in [9.17, 15) is 19.5 Å². The Bertz CT molecular complexity index is 973. The summed E-state index contributed by atoms with van der Waals surface area (Å²) in [4.78, 5) is 46.2. The van der Waals surface area contributed by atoms with Crippen molar-refractivity contribution in [2.45, 2.75) is 102 Å². The summed E-state index contributed by atoms with van der Waals surface area (Å²) in [5.74, 6) is -1.76. The van der Waals surface area contributed by atoms with Crippen LogP contribution in [0.4, 0.5) is 0 Å². The lowest BCUT2D eigenvalue weighted by atomic mass is 9.66. The SMILES string of the molecule is C=CCOC(=O)[C@@H]1[C@@H]2CC(C)C3(S2)C(C(=O)N(CC=C)C(C)(C)CC(C)(C)C)N([C@@H](CO)CC(C)C)C(=O)[C@H]13. The Morgan fingerprint density at radius 3 is 2.38 bits per heavy atom. The number of ether oxygens (including phenoxy) is 1. The van der Waals surface area contributed by atoms with Gasteiger partial charge in [-0.15, -0.1) is 18.3 Å². The standard InChI is InChI=1S/C31H50N2O5S/c1-11-13-32(30(9,10)18-29(6,7)8)27(36)25-31-20(5)16-22(39-31)23(28(37)38-14-12-2)24(31)26(35)33(25)21(17-34)15-19(3)4/h11-12,19-25,34H,1-2,13-18H2,3-10H3/t20?,21-,22+,23-,24+,25?,31?/m1/s1. The summed E-state index contributed by atoms with van der Waals surface area (Å²) < 4.78 is 4.73. The zero-order valence-electron chi connectivity index (χ0n) is 25.2. The number of aliphatic hydroxyl groups excluding tert-OH is 1. The van der Waals surface area contributed by atoms with Crippen LogP contribution in [0.5, 0.6) is 0 Å². The largest absolute Gasteiger partial charge is 0.461 e. The molecule has 3 unspecified atom stereocenters. The van der Waals surface area contributed by atoms with Gasteiger partial charge in [0.2, 0.25) is 11.8 Å². The van der Waals surface area contributed by atoms with Gasteiger partial charge in [-0.3, -0.25) is 14.4 Å². The molecular weight excluding hydrogens is 512 g/mol. The lowest BCUT2D eigenvalue weighted by Gasteiger charge is -2.47. The maximum absolute atomic E-state index is 14.9. The summed E-state index contributed by atoms with van der Waals surface area (Å²) >= 11 is 1.63. The van der Waals surface area contributed by atoms with Gasteiger partial charge in [-0.25, -0.2) is 0 Å². The van der Waals surface area contributed by atoms with E-state index in [1.54, 1.807) is 22.7 Å². The van der Waals surface area contributed by atoms with Gasteiger partial charge in [0.05, 0.1) is 29.2 Å². The Labute approximate surface area is 239 Å². The number of hydrogen-bond acceptors (Lipinski definition) is 6. The van der Waals surface area contributed by atoms with Crippen molar-refractivity contribution in [3.63, 3.8) is 0 Å². The minimum Gasteiger partial charge on any atom is -0.461 e. The van der Waals surface area contributed by atoms with E-state index >= 15 is 0 Å². The zero-order valence-corrected chi connectivity index (χ0v) is 26.1. The summed E-state index contributed by atoms with van der Waals surface area (Å²) in [6, 6.07) is -1.30. The quantitative estimate of drug-likeness (QED) is 0.274. The number of likely N-dealkylation sites (tertiary alicyclic amines) is 1. The van der Waals surface area contributed by atoms with E-state index in [0.29, 0.717) is 13.0 Å². The van der Waals surface area contributed by atoms with Crippen molar-refractivity contribution in [2.24, 2.45) is 29.1 Å². The average molecular weight is 563 g/mol. The average Bonchev–Trinajstić information content (AvgIpc) is 3.41. The van der Waals surface area contributed by atoms with Gasteiger partial charge in [-0.05, 0) is 50.4 Å². The van der Waals surface area contributed by atoms with Crippen molar-refractivity contribution in [3.05, 3.63) is 25.3 Å². The van der Waals surface area contributed by atoms with Gasteiger partial charge in [0.25, 0.3) is 0 Å². The van der Waals surface area contributed by atoms with Crippen LogP contribution >= 0.6 is 11.8 Å². The summed E-state index contributed by atoms with van der Waals surface area (Å²) in [5.41, 5.74) is -0.541. The lowest BCUT2D eigenvalue weighted by Crippen LogP contribution is -2.62. The van der Waals surface area contributed by atoms with E-state index in [2.05, 4.69) is 54.7 Å². The number of amides is 2. The first kappa shape index (κ1) is 31.7. The zero-order chi connectivity index (χ0) is 29.5. The first-order chi connectivity index (χ1) is 18.1. The van der Waals surface area contributed by atoms with E-state index in [4.69, 9.17) is 4.74 Å². The summed E-state index contributed by atoms with van der Waals surface area (Å²) in [6.45, 7) is 24.6. The molecule has 3 aliphatic rings. The van der Waals surface area contributed by atoms with Gasteiger partial charge in [-0.2, -0.15) is 0 Å². The van der Waals surface area contributed by atoms with Crippen LogP contribution in [-0.2, 0) is 19.1 Å². The lowest BCUT2D eigenvalue weighted by molar-refractivity contribution is -0.154. The highest BCUT2D eigenvalue weighted by molar-refractivity contribution is 8.02. The van der Waals surface area contributed by atoms with Crippen LogP contribution in [0.2, 0.25) is 0 Å². The van der Waals surface area contributed by atoms with Crippen LogP contribution in [0.1, 0.15) is 74.7 Å². The molecule has 0 aromatic rings. The Kier molecular flexibility index (Phi) is 9.43. The number of carbonyl (C=O) groups is 3. The second-order valence-corrected chi connectivity index (χ2v) is 15.5. The molecule has 7 atom stereocenters. The molecule has 3 saturated heterocycles. The smallest absolute Gasteiger partial charge is 0.311 e. The van der Waals surface area contributed by atoms with E-state index < -0.39 is 40.2 Å². The molecule has 0 radical (unpaired) electrons. The van der Waals surface area contributed by atoms with E-state index in [1.165, 1.54) is 6.08 Å². The maximum Gasteiger partial charge on any atom is 0.311 e. The van der Waals surface area contributed by atoms with Gasteiger partial charge < -0.3 is 19.6 Å². The van der Waals surface area contributed by atoms with Crippen molar-refractivity contribution in [1.82, 2.24) is 9.80 Å². The number of fused-ring (bicyclic) bond motifs is 1. The fourth-order valence-electron chi connectivity index (χ4n) is 7.76. The van der Waals surface area contributed by atoms with Crippen molar-refractivity contribution >= 4 is 29.5 Å². The molecule has 8 heteroatoms. The first-order valence-corrected chi connectivity index (χ1v) is 15.3. The van der Waals surface area contributed by atoms with Crippen LogP contribution in [-0.4, -0.2) is 80.1 Å². The summed E-state index contributed by atoms with van der Waals surface area (Å²) in [5, 5.41) is 10.5. The molecule has 0 aliphatic carbocycles. The third kappa shape index (κ3) is 5.70. The van der Waals surface area contributed by atoms with Crippen LogP contribution in [0.25, 0.3) is 0 Å². The monoisotopic (exact) mass is 562 g/mol. The van der Waals surface area contributed by atoms with E-state index in [0.717, 1.165) is 12.8 Å². The van der Waals surface area contributed by atoms with E-state index in [-0.39, 0.29) is 47.5 Å². The molecule has 3 heterocycles. The van der Waals surface area contributed by atoms with Crippen molar-refractivity contribution in [3.8, 4) is 0 Å². The third-order valence-corrected chi connectivity index (χ3v) is 10.7. The first-order valence-electron chi connectivity index (χ1n) is 14.4. The minimum atomic E-state index is -0.785. The Morgan fingerprint density at radius 1 is 1.23 bits per heavy atom. The molecule has 1 N–H and O–H groups in total. The molecule has 220 valence electrons. The molecule has 0 saturated carbocycles. The Balaban J connectivity index is 2.18. The summed E-state index contributed by atoms with van der Waals surface area (Å²) in [7, 11) is 0. The fourth-order valence-corrected chi connectivity index (χ4v) is 10.2. The predicted octanol–water partition coefficient (Wildman–Crippen LogP) is 4.69. The molecule has 1 spiro atoms. The molecule has 39 heavy (non-hydrogen) atoms. The van der Waals surface area contributed by atoms with Crippen molar-refractivity contribution in [1.29, 1.82) is 0 Å². The molecule has 3 fully saturated rings. The highest BCUT2D eigenvalue weighted by atomic mass is 32.2. The fraction of sp³-hybridized carbons (Fsp3) is 0.774. The number of hydrogen-bond donors (Lipinski definition) is 1. The highest BCUT2D eigenvalue weighted by Gasteiger charge is 2.77. The second kappa shape index (κ2) is 11.6. The molecule has 2 amide bonds. The molecule has 2 bridgehead atoms. The summed E-state index contributed by atoms with van der Waals surface area (Å²) in [6.07, 6.45) is 5.33. The van der Waals surface area contributed by atoms with Crippen molar-refractivity contribution in [2.75, 3.05) is 19.8 Å². The molecule has 7 nitrogen and oxygen atoms in total. The number of esters is 1. The van der Waals surface area contributed by atoms with Crippen LogP contribution in [0.15, 0.2) is 25.3 Å². The Morgan fingerprint density at radius 2 is 1.87 bits per heavy atom. The molecular formula is C31H50N2O5S. The molecule has 0 aromatic heterocycles. The number of aliphatic hydroxyl groups is 1. The maximum atomic E-state index is 14.9. The van der Waals surface area contributed by atoms with Gasteiger partial charge in [0, 0.05) is 17.3 Å². The number of carbonyl (C=O) groups excluding carboxylic acids is 3. The van der Waals surface area contributed by atoms with Gasteiger partial charge in [0.15, 0.2) is 0 Å². The normalized spacial score (nSPS) is 30.9. The number of nitrogens with zero attached hydrogens (tertiary/aromatic N) is 2. The van der Waals surface area contributed by atoms with Gasteiger partial charge in [-0.1, -0.05) is 60.3 Å². The minimum absolute atomic E-state index is 0.0334. The number of thioether (sulfide) groups is 1.